The number of benzene rings is 1. The van der Waals surface area contributed by atoms with Crippen molar-refractivity contribution in [2.75, 3.05) is 6.54 Å². The lowest BCUT2D eigenvalue weighted by molar-refractivity contribution is -0.142. The van der Waals surface area contributed by atoms with Crippen LogP contribution in [0.3, 0.4) is 0 Å². The van der Waals surface area contributed by atoms with Gasteiger partial charge in [0.25, 0.3) is 5.91 Å². The molecule has 0 spiro atoms. The van der Waals surface area contributed by atoms with Crippen LogP contribution in [0.1, 0.15) is 43.1 Å². The molecule has 0 aliphatic heterocycles. The van der Waals surface area contributed by atoms with Crippen molar-refractivity contribution >= 4 is 11.9 Å². The van der Waals surface area contributed by atoms with Crippen LogP contribution in [0.25, 0.3) is 0 Å². The van der Waals surface area contributed by atoms with Crippen molar-refractivity contribution in [2.45, 2.75) is 34.1 Å². The van der Waals surface area contributed by atoms with Crippen LogP contribution in [0.4, 0.5) is 0 Å². The number of aliphatic carboxylic acids is 1. The van der Waals surface area contributed by atoms with Gasteiger partial charge in [0.15, 0.2) is 0 Å². The average molecular weight is 293 g/mol. The van der Waals surface area contributed by atoms with Gasteiger partial charge in [-0.25, -0.2) is 0 Å². The molecule has 0 aliphatic carbocycles. The molecular formula is C16H23NO4. The van der Waals surface area contributed by atoms with Crippen LogP contribution in [0.2, 0.25) is 0 Å². The predicted molar refractivity (Wildman–Crippen MR) is 80.4 cm³/mol. The molecule has 1 rings (SSSR count). The first kappa shape index (κ1) is 17.0. The smallest absolute Gasteiger partial charge is 0.308 e. The number of carboxylic acid groups (broad SMARTS) is 1. The molecule has 5 heteroatoms. The van der Waals surface area contributed by atoms with Crippen LogP contribution in [-0.4, -0.2) is 28.6 Å². The van der Waals surface area contributed by atoms with Crippen molar-refractivity contribution in [1.82, 2.24) is 5.32 Å². The van der Waals surface area contributed by atoms with Gasteiger partial charge in [0, 0.05) is 12.1 Å². The second kappa shape index (κ2) is 6.61. The van der Waals surface area contributed by atoms with E-state index in [9.17, 15) is 19.8 Å². The fourth-order valence-electron chi connectivity index (χ4n) is 2.10. The lowest BCUT2D eigenvalue weighted by Crippen LogP contribution is -2.35. The van der Waals surface area contributed by atoms with Crippen molar-refractivity contribution in [2.24, 2.45) is 11.3 Å². The molecule has 1 aromatic carbocycles. The number of rotatable bonds is 5. The molecule has 0 bridgehead atoms. The summed E-state index contributed by atoms with van der Waals surface area (Å²) in [5.74, 6) is -1.74. The molecule has 21 heavy (non-hydrogen) atoms. The van der Waals surface area contributed by atoms with Gasteiger partial charge < -0.3 is 15.5 Å². The molecular weight excluding hydrogens is 270 g/mol. The third kappa shape index (κ3) is 5.45. The van der Waals surface area contributed by atoms with Crippen LogP contribution < -0.4 is 5.32 Å². The van der Waals surface area contributed by atoms with Crippen molar-refractivity contribution in [3.05, 3.63) is 29.3 Å². The standard InChI is InChI=1S/C16H23NO4/c1-10-7-11(5-6-13(10)18)14(19)17-9-12(15(20)21)8-16(2,3)4/h5-7,12,18H,8-9H2,1-4H3,(H,17,19)(H,20,21). The third-order valence-corrected chi connectivity index (χ3v) is 3.18. The number of carboxylic acids is 1. The van der Waals surface area contributed by atoms with Crippen LogP contribution >= 0.6 is 0 Å². The van der Waals surface area contributed by atoms with Gasteiger partial charge in [0.2, 0.25) is 0 Å². The molecule has 0 radical (unpaired) electrons. The highest BCUT2D eigenvalue weighted by atomic mass is 16.4. The van der Waals surface area contributed by atoms with E-state index in [-0.39, 0.29) is 23.6 Å². The number of aromatic hydroxyl groups is 1. The van der Waals surface area contributed by atoms with E-state index in [4.69, 9.17) is 0 Å². The molecule has 1 aromatic rings. The van der Waals surface area contributed by atoms with E-state index in [1.165, 1.54) is 12.1 Å². The van der Waals surface area contributed by atoms with Gasteiger partial charge in [-0.1, -0.05) is 20.8 Å². The minimum Gasteiger partial charge on any atom is -0.508 e. The molecule has 0 aliphatic rings. The maximum atomic E-state index is 12.0. The highest BCUT2D eigenvalue weighted by molar-refractivity contribution is 5.94. The van der Waals surface area contributed by atoms with E-state index in [0.717, 1.165) is 0 Å². The normalized spacial score (nSPS) is 12.8. The second-order valence-electron chi connectivity index (χ2n) is 6.51. The maximum absolute atomic E-state index is 12.0. The summed E-state index contributed by atoms with van der Waals surface area (Å²) in [6, 6.07) is 4.54. The summed E-state index contributed by atoms with van der Waals surface area (Å²) >= 11 is 0. The Bertz CT molecular complexity index is 532. The summed E-state index contributed by atoms with van der Waals surface area (Å²) in [6.45, 7) is 7.69. The summed E-state index contributed by atoms with van der Waals surface area (Å²) in [6.07, 6.45) is 0.483. The molecule has 0 saturated carbocycles. The minimum atomic E-state index is -0.910. The zero-order valence-electron chi connectivity index (χ0n) is 12.9. The van der Waals surface area contributed by atoms with E-state index in [1.54, 1.807) is 13.0 Å². The topological polar surface area (TPSA) is 86.6 Å². The Morgan fingerprint density at radius 2 is 1.90 bits per heavy atom. The Labute approximate surface area is 125 Å². The van der Waals surface area contributed by atoms with E-state index in [0.29, 0.717) is 17.5 Å². The molecule has 0 fully saturated rings. The number of carbonyl (C=O) groups excluding carboxylic acids is 1. The monoisotopic (exact) mass is 293 g/mol. The van der Waals surface area contributed by atoms with E-state index >= 15 is 0 Å². The summed E-state index contributed by atoms with van der Waals surface area (Å²) < 4.78 is 0. The molecule has 0 heterocycles. The highest BCUT2D eigenvalue weighted by Crippen LogP contribution is 2.24. The van der Waals surface area contributed by atoms with Crippen molar-refractivity contribution in [1.29, 1.82) is 0 Å². The second-order valence-corrected chi connectivity index (χ2v) is 6.51. The fourth-order valence-corrected chi connectivity index (χ4v) is 2.10. The van der Waals surface area contributed by atoms with Gasteiger partial charge in [0.05, 0.1) is 5.92 Å². The molecule has 1 atom stereocenters. The average Bonchev–Trinajstić information content (AvgIpc) is 2.35. The van der Waals surface area contributed by atoms with Crippen molar-refractivity contribution < 1.29 is 19.8 Å². The summed E-state index contributed by atoms with van der Waals surface area (Å²) in [5, 5.41) is 21.3. The van der Waals surface area contributed by atoms with Gasteiger partial charge in [-0.15, -0.1) is 0 Å². The number of amides is 1. The lowest BCUT2D eigenvalue weighted by atomic mass is 9.84. The van der Waals surface area contributed by atoms with Crippen LogP contribution in [-0.2, 0) is 4.79 Å². The molecule has 5 nitrogen and oxygen atoms in total. The summed E-state index contributed by atoms with van der Waals surface area (Å²) in [5.41, 5.74) is 0.889. The van der Waals surface area contributed by atoms with Gasteiger partial charge >= 0.3 is 5.97 Å². The van der Waals surface area contributed by atoms with E-state index < -0.39 is 11.9 Å². The highest BCUT2D eigenvalue weighted by Gasteiger charge is 2.25. The zero-order valence-corrected chi connectivity index (χ0v) is 12.9. The largest absolute Gasteiger partial charge is 0.508 e. The Hall–Kier alpha value is -2.04. The van der Waals surface area contributed by atoms with Gasteiger partial charge in [-0.3, -0.25) is 9.59 Å². The van der Waals surface area contributed by atoms with Gasteiger partial charge in [-0.05, 0) is 42.5 Å². The number of phenols is 1. The Kier molecular flexibility index (Phi) is 5.35. The molecule has 1 unspecified atom stereocenters. The summed E-state index contributed by atoms with van der Waals surface area (Å²) in [7, 11) is 0. The molecule has 0 aromatic heterocycles. The Morgan fingerprint density at radius 3 is 2.38 bits per heavy atom. The van der Waals surface area contributed by atoms with Crippen molar-refractivity contribution in [3.8, 4) is 5.75 Å². The fraction of sp³-hybridized carbons (Fsp3) is 0.500. The molecule has 116 valence electrons. The van der Waals surface area contributed by atoms with Crippen LogP contribution in [0.5, 0.6) is 5.75 Å². The zero-order chi connectivity index (χ0) is 16.2. The molecule has 1 amide bonds. The summed E-state index contributed by atoms with van der Waals surface area (Å²) in [4.78, 5) is 23.3. The first-order chi connectivity index (χ1) is 9.60. The van der Waals surface area contributed by atoms with E-state index in [1.807, 2.05) is 20.8 Å². The Morgan fingerprint density at radius 1 is 1.29 bits per heavy atom. The SMILES string of the molecule is Cc1cc(C(=O)NCC(CC(C)(C)C)C(=O)O)ccc1O. The maximum Gasteiger partial charge on any atom is 0.308 e. The number of aryl methyl sites for hydroxylation is 1. The number of hydrogen-bond donors (Lipinski definition) is 3. The number of hydrogen-bond acceptors (Lipinski definition) is 3. The third-order valence-electron chi connectivity index (χ3n) is 3.18. The number of carbonyl (C=O) groups is 2. The van der Waals surface area contributed by atoms with Gasteiger partial charge in [-0.2, -0.15) is 0 Å². The molecule has 0 saturated heterocycles. The van der Waals surface area contributed by atoms with E-state index in [2.05, 4.69) is 5.32 Å². The van der Waals surface area contributed by atoms with Gasteiger partial charge in [0.1, 0.15) is 5.75 Å². The number of nitrogens with one attached hydrogen (secondary N) is 1. The van der Waals surface area contributed by atoms with Crippen LogP contribution in [0.15, 0.2) is 18.2 Å². The quantitative estimate of drug-likeness (QED) is 0.778. The lowest BCUT2D eigenvalue weighted by Gasteiger charge is -2.23. The number of phenolic OH excluding ortho intramolecular Hbond substituents is 1. The first-order valence-corrected chi connectivity index (χ1v) is 6.91. The molecule has 3 N–H and O–H groups in total. The predicted octanol–water partition coefficient (Wildman–Crippen LogP) is 2.57. The first-order valence-electron chi connectivity index (χ1n) is 6.91. The van der Waals surface area contributed by atoms with Crippen molar-refractivity contribution in [3.63, 3.8) is 0 Å². The van der Waals surface area contributed by atoms with Crippen LogP contribution in [0, 0.1) is 18.3 Å². The Balaban J connectivity index is 2.69. The minimum absolute atomic E-state index is 0.0887.